The van der Waals surface area contributed by atoms with Crippen LogP contribution < -0.4 is 5.32 Å². The van der Waals surface area contributed by atoms with Crippen LogP contribution in [0.5, 0.6) is 0 Å². The Bertz CT molecular complexity index is 513. The molecule has 1 rings (SSSR count). The fraction of sp³-hybridized carbons (Fsp3) is 0.600. The number of carbonyl (C=O) groups excluding carboxylic acids is 4. The number of hydrogen-bond donors (Lipinski definition) is 1. The van der Waals surface area contributed by atoms with E-state index in [0.29, 0.717) is 5.06 Å². The number of hydroxylamine groups is 2. The van der Waals surface area contributed by atoms with E-state index in [1.165, 1.54) is 6.08 Å². The zero-order chi connectivity index (χ0) is 18.3. The largest absolute Gasteiger partial charge is 0.450 e. The van der Waals surface area contributed by atoms with E-state index in [-0.39, 0.29) is 25.9 Å². The minimum Gasteiger partial charge on any atom is -0.450 e. The SMILES string of the molecule is C=CCC(NC(=O)OCC[Si](C)(C)C)C(=O)ON1C(=O)CCC1=O. The monoisotopic (exact) mass is 356 g/mol. The van der Waals surface area contributed by atoms with Gasteiger partial charge in [0, 0.05) is 20.9 Å². The molecular weight excluding hydrogens is 332 g/mol. The van der Waals surface area contributed by atoms with Crippen LogP contribution in [0.4, 0.5) is 4.79 Å². The van der Waals surface area contributed by atoms with Gasteiger partial charge in [-0.25, -0.2) is 9.59 Å². The van der Waals surface area contributed by atoms with Gasteiger partial charge in [-0.2, -0.15) is 0 Å². The molecule has 1 unspecified atom stereocenters. The molecule has 8 nitrogen and oxygen atoms in total. The van der Waals surface area contributed by atoms with E-state index in [1.54, 1.807) is 0 Å². The molecule has 24 heavy (non-hydrogen) atoms. The molecule has 0 radical (unpaired) electrons. The first-order valence-corrected chi connectivity index (χ1v) is 11.5. The summed E-state index contributed by atoms with van der Waals surface area (Å²) in [5, 5.41) is 2.81. The highest BCUT2D eigenvalue weighted by Gasteiger charge is 2.35. The first-order chi connectivity index (χ1) is 11.1. The highest BCUT2D eigenvalue weighted by atomic mass is 28.3. The third-order valence-electron chi connectivity index (χ3n) is 3.25. The molecule has 0 bridgehead atoms. The molecule has 0 aliphatic carbocycles. The number of carbonyl (C=O) groups is 4. The van der Waals surface area contributed by atoms with Gasteiger partial charge in [0.1, 0.15) is 6.04 Å². The van der Waals surface area contributed by atoms with E-state index in [2.05, 4.69) is 31.5 Å². The zero-order valence-corrected chi connectivity index (χ0v) is 15.3. The van der Waals surface area contributed by atoms with Crippen LogP contribution in [0, 0.1) is 0 Å². The molecule has 1 aliphatic heterocycles. The van der Waals surface area contributed by atoms with Crippen LogP contribution in [0.3, 0.4) is 0 Å². The highest BCUT2D eigenvalue weighted by Crippen LogP contribution is 2.13. The van der Waals surface area contributed by atoms with E-state index in [9.17, 15) is 19.2 Å². The summed E-state index contributed by atoms with van der Waals surface area (Å²) in [6, 6.07) is -0.281. The lowest BCUT2D eigenvalue weighted by atomic mass is 10.2. The van der Waals surface area contributed by atoms with E-state index in [0.717, 1.165) is 6.04 Å². The van der Waals surface area contributed by atoms with Gasteiger partial charge in [0.15, 0.2) is 0 Å². The highest BCUT2D eigenvalue weighted by molar-refractivity contribution is 6.76. The molecule has 9 heteroatoms. The van der Waals surface area contributed by atoms with Crippen molar-refractivity contribution in [2.75, 3.05) is 6.61 Å². The van der Waals surface area contributed by atoms with Gasteiger partial charge in [-0.05, 0) is 12.5 Å². The van der Waals surface area contributed by atoms with Crippen LogP contribution in [0.25, 0.3) is 0 Å². The number of nitrogens with zero attached hydrogens (tertiary/aromatic N) is 1. The lowest BCUT2D eigenvalue weighted by Gasteiger charge is -2.20. The Morgan fingerprint density at radius 1 is 1.29 bits per heavy atom. The minimum absolute atomic E-state index is 0.00437. The Kier molecular flexibility index (Phi) is 7.14. The van der Waals surface area contributed by atoms with Crippen molar-refractivity contribution in [1.82, 2.24) is 10.4 Å². The predicted molar refractivity (Wildman–Crippen MR) is 88.4 cm³/mol. The number of alkyl carbamates (subject to hydrolysis) is 1. The third kappa shape index (κ3) is 6.53. The molecule has 1 aliphatic rings. The molecule has 3 amide bonds. The second-order valence-electron chi connectivity index (χ2n) is 6.66. The first kappa shape index (κ1) is 19.9. The number of nitrogens with one attached hydrogen (secondary N) is 1. The average Bonchev–Trinajstić information content (AvgIpc) is 2.77. The van der Waals surface area contributed by atoms with Crippen molar-refractivity contribution >= 4 is 32.0 Å². The molecule has 0 aromatic heterocycles. The third-order valence-corrected chi connectivity index (χ3v) is 4.96. The summed E-state index contributed by atoms with van der Waals surface area (Å²) in [5.74, 6) is -2.08. The van der Waals surface area contributed by atoms with E-state index < -0.39 is 38.0 Å². The quantitative estimate of drug-likeness (QED) is 0.403. The topological polar surface area (TPSA) is 102 Å². The molecule has 0 aromatic carbocycles. The maximum atomic E-state index is 12.1. The van der Waals surface area contributed by atoms with Crippen molar-refractivity contribution in [1.29, 1.82) is 0 Å². The van der Waals surface area contributed by atoms with Crippen molar-refractivity contribution in [3.8, 4) is 0 Å². The van der Waals surface area contributed by atoms with Gasteiger partial charge in [-0.15, -0.1) is 11.6 Å². The van der Waals surface area contributed by atoms with Crippen LogP contribution in [0.1, 0.15) is 19.3 Å². The zero-order valence-electron chi connectivity index (χ0n) is 14.3. The first-order valence-electron chi connectivity index (χ1n) is 7.76. The van der Waals surface area contributed by atoms with Gasteiger partial charge >= 0.3 is 12.1 Å². The van der Waals surface area contributed by atoms with Crippen molar-refractivity contribution in [3.63, 3.8) is 0 Å². The van der Waals surface area contributed by atoms with Crippen LogP contribution in [-0.4, -0.2) is 49.7 Å². The molecule has 0 saturated carbocycles. The Hall–Kier alpha value is -2.16. The molecule has 1 N–H and O–H groups in total. The summed E-state index contributed by atoms with van der Waals surface area (Å²) in [6.45, 7) is 10.2. The van der Waals surface area contributed by atoms with Crippen LogP contribution in [0.15, 0.2) is 12.7 Å². The van der Waals surface area contributed by atoms with Crippen molar-refractivity contribution in [3.05, 3.63) is 12.7 Å². The van der Waals surface area contributed by atoms with Crippen LogP contribution >= 0.6 is 0 Å². The Labute approximate surface area is 142 Å². The number of rotatable bonds is 8. The van der Waals surface area contributed by atoms with E-state index in [4.69, 9.17) is 9.57 Å². The molecule has 1 fully saturated rings. The molecule has 1 heterocycles. The maximum absolute atomic E-state index is 12.1. The minimum atomic E-state index is -1.34. The molecular formula is C15H24N2O6Si. The van der Waals surface area contributed by atoms with E-state index >= 15 is 0 Å². The standard InChI is InChI=1S/C15H24N2O6Si/c1-5-6-11(16-15(21)22-9-10-24(2,3)4)14(20)23-17-12(18)7-8-13(17)19/h5,11H,1,6-10H2,2-4H3,(H,16,21). The Morgan fingerprint density at radius 3 is 2.38 bits per heavy atom. The Balaban J connectivity index is 2.54. The number of amides is 3. The van der Waals surface area contributed by atoms with Gasteiger partial charge in [0.2, 0.25) is 0 Å². The van der Waals surface area contributed by atoms with Crippen LogP contribution in [-0.2, 0) is 24.0 Å². The van der Waals surface area contributed by atoms with Crippen LogP contribution in [0.2, 0.25) is 25.7 Å². The van der Waals surface area contributed by atoms with Gasteiger partial charge in [0.05, 0.1) is 6.61 Å². The van der Waals surface area contributed by atoms with Gasteiger partial charge in [0.25, 0.3) is 11.8 Å². The average molecular weight is 356 g/mol. The van der Waals surface area contributed by atoms with Gasteiger partial charge in [-0.3, -0.25) is 9.59 Å². The van der Waals surface area contributed by atoms with Crippen molar-refractivity contribution in [2.45, 2.75) is 51.0 Å². The maximum Gasteiger partial charge on any atom is 0.407 e. The fourth-order valence-electron chi connectivity index (χ4n) is 1.83. The van der Waals surface area contributed by atoms with Crippen molar-refractivity contribution in [2.24, 2.45) is 0 Å². The lowest BCUT2D eigenvalue weighted by molar-refractivity contribution is -0.198. The molecule has 0 spiro atoms. The fourth-order valence-corrected chi connectivity index (χ4v) is 2.54. The second kappa shape index (κ2) is 8.62. The Morgan fingerprint density at radius 2 is 1.88 bits per heavy atom. The van der Waals surface area contributed by atoms with Gasteiger partial charge in [-0.1, -0.05) is 25.7 Å². The number of imide groups is 1. The smallest absolute Gasteiger partial charge is 0.407 e. The summed E-state index contributed by atoms with van der Waals surface area (Å²) in [5.41, 5.74) is 0. The number of ether oxygens (including phenoxy) is 1. The second-order valence-corrected chi connectivity index (χ2v) is 12.3. The summed E-state index contributed by atoms with van der Waals surface area (Å²) >= 11 is 0. The number of hydrogen-bond acceptors (Lipinski definition) is 6. The summed E-state index contributed by atoms with van der Waals surface area (Å²) in [4.78, 5) is 51.6. The molecule has 0 aromatic rings. The molecule has 134 valence electrons. The predicted octanol–water partition coefficient (Wildman–Crippen LogP) is 1.60. The summed E-state index contributed by atoms with van der Waals surface area (Å²) < 4.78 is 5.05. The molecule has 1 atom stereocenters. The molecule has 1 saturated heterocycles. The van der Waals surface area contributed by atoms with E-state index in [1.807, 2.05) is 0 Å². The normalized spacial score (nSPS) is 15.9. The van der Waals surface area contributed by atoms with Gasteiger partial charge < -0.3 is 14.9 Å². The summed E-state index contributed by atoms with van der Waals surface area (Å²) in [7, 11) is -1.34. The summed E-state index contributed by atoms with van der Waals surface area (Å²) in [6.07, 6.45) is 0.755. The lowest BCUT2D eigenvalue weighted by Crippen LogP contribution is -2.45. The van der Waals surface area contributed by atoms with Crippen molar-refractivity contribution < 1.29 is 28.8 Å².